The van der Waals surface area contributed by atoms with Crippen LogP contribution < -0.4 is 10.6 Å². The summed E-state index contributed by atoms with van der Waals surface area (Å²) in [6.07, 6.45) is 3.57. The minimum atomic E-state index is -0.952. The topological polar surface area (TPSA) is 83.7 Å². The number of nitrogens with zero attached hydrogens (tertiary/aromatic N) is 2. The number of anilines is 1. The number of nitrogens with two attached hydrogens (primary N) is 1. The van der Waals surface area contributed by atoms with Gasteiger partial charge in [0.1, 0.15) is 11.9 Å². The van der Waals surface area contributed by atoms with Gasteiger partial charge in [-0.3, -0.25) is 14.4 Å². The number of benzene rings is 2. The van der Waals surface area contributed by atoms with E-state index in [0.29, 0.717) is 0 Å². The molecule has 2 aromatic carbocycles. The third-order valence-corrected chi connectivity index (χ3v) is 6.20. The fourth-order valence-corrected chi connectivity index (χ4v) is 4.94. The Labute approximate surface area is 170 Å². The maximum Gasteiger partial charge on any atom is 0.240 e. The van der Waals surface area contributed by atoms with E-state index in [2.05, 4.69) is 0 Å². The van der Waals surface area contributed by atoms with Gasteiger partial charge in [-0.1, -0.05) is 35.9 Å². The van der Waals surface area contributed by atoms with Crippen molar-refractivity contribution in [1.82, 2.24) is 4.90 Å². The van der Waals surface area contributed by atoms with Gasteiger partial charge in [-0.15, -0.1) is 0 Å². The van der Waals surface area contributed by atoms with Gasteiger partial charge in [0.15, 0.2) is 0 Å². The van der Waals surface area contributed by atoms with Crippen LogP contribution in [0.4, 0.5) is 10.1 Å². The molecule has 3 aliphatic heterocycles. The van der Waals surface area contributed by atoms with Crippen LogP contribution in [0.5, 0.6) is 0 Å². The van der Waals surface area contributed by atoms with Crippen LogP contribution in [0.15, 0.2) is 48.7 Å². The van der Waals surface area contributed by atoms with Gasteiger partial charge in [0.25, 0.3) is 0 Å². The van der Waals surface area contributed by atoms with Crippen LogP contribution in [0.1, 0.15) is 17.2 Å². The summed E-state index contributed by atoms with van der Waals surface area (Å²) >= 11 is 5.85. The number of carbonyl (C=O) groups excluding carboxylic acids is 3. The minimum Gasteiger partial charge on any atom is -0.368 e. The Morgan fingerprint density at radius 3 is 2.52 bits per heavy atom. The summed E-state index contributed by atoms with van der Waals surface area (Å²) in [7, 11) is 0. The Hall–Kier alpha value is -3.19. The lowest BCUT2D eigenvalue weighted by molar-refractivity contribution is -0.129. The Morgan fingerprint density at radius 1 is 1.07 bits per heavy atom. The van der Waals surface area contributed by atoms with Crippen molar-refractivity contribution < 1.29 is 18.8 Å². The van der Waals surface area contributed by atoms with Crippen molar-refractivity contribution >= 4 is 41.1 Å². The van der Waals surface area contributed by atoms with Crippen molar-refractivity contribution in [2.75, 3.05) is 4.90 Å². The number of rotatable bonds is 2. The Bertz CT molecular complexity index is 1120. The largest absolute Gasteiger partial charge is 0.368 e. The summed E-state index contributed by atoms with van der Waals surface area (Å²) in [5.41, 5.74) is 7.60. The Morgan fingerprint density at radius 2 is 1.79 bits per heavy atom. The summed E-state index contributed by atoms with van der Waals surface area (Å²) in [6.45, 7) is 0. The van der Waals surface area contributed by atoms with Crippen molar-refractivity contribution in [3.05, 3.63) is 70.6 Å². The zero-order valence-electron chi connectivity index (χ0n) is 15.0. The first kappa shape index (κ1) is 17.9. The van der Waals surface area contributed by atoms with Crippen LogP contribution in [0.3, 0.4) is 0 Å². The third-order valence-electron chi connectivity index (χ3n) is 5.91. The highest BCUT2D eigenvalue weighted by molar-refractivity contribution is 6.31. The average Bonchev–Trinajstić information content (AvgIpc) is 3.17. The maximum atomic E-state index is 13.6. The Balaban J connectivity index is 1.65. The van der Waals surface area contributed by atoms with Crippen LogP contribution in [0, 0.1) is 17.7 Å². The molecule has 3 amide bonds. The van der Waals surface area contributed by atoms with Crippen LogP contribution in [0.2, 0.25) is 5.02 Å². The highest BCUT2D eigenvalue weighted by atomic mass is 35.5. The fraction of sp³-hybridized carbons (Fsp3) is 0.190. The van der Waals surface area contributed by atoms with E-state index in [1.807, 2.05) is 30.3 Å². The predicted molar refractivity (Wildman–Crippen MR) is 104 cm³/mol. The minimum absolute atomic E-state index is 0.176. The van der Waals surface area contributed by atoms with Gasteiger partial charge in [-0.05, 0) is 35.4 Å². The quantitative estimate of drug-likeness (QED) is 0.769. The molecule has 5 rings (SSSR count). The first-order valence-corrected chi connectivity index (χ1v) is 9.44. The fourth-order valence-electron chi connectivity index (χ4n) is 4.76. The predicted octanol–water partition coefficient (Wildman–Crippen LogP) is 2.48. The van der Waals surface area contributed by atoms with Crippen LogP contribution >= 0.6 is 11.6 Å². The molecule has 146 valence electrons. The standard InChI is InChI=1S/C21H15ClFN3O3/c22-13-9-11(5-6-14(13)23)26-20(28)15-16(21(26)29)18(19(24)27)25-8-7-10-3-1-2-4-12(10)17(15)25/h1-9,15-18H,(H2,24,27)/t15-,16+,17+,18-/m0/s1. The van der Waals surface area contributed by atoms with Crippen LogP contribution in [-0.4, -0.2) is 28.7 Å². The normalized spacial score (nSPS) is 27.1. The maximum absolute atomic E-state index is 13.6. The van der Waals surface area contributed by atoms with Gasteiger partial charge >= 0.3 is 0 Å². The summed E-state index contributed by atoms with van der Waals surface area (Å²) in [6, 6.07) is 9.74. The lowest BCUT2D eigenvalue weighted by Gasteiger charge is -2.34. The van der Waals surface area contributed by atoms with E-state index < -0.39 is 47.5 Å². The zero-order valence-corrected chi connectivity index (χ0v) is 15.7. The smallest absolute Gasteiger partial charge is 0.240 e. The van der Waals surface area contributed by atoms with Gasteiger partial charge in [-0.2, -0.15) is 0 Å². The number of primary amides is 1. The third kappa shape index (κ3) is 2.37. The van der Waals surface area contributed by atoms with Gasteiger partial charge in [0.2, 0.25) is 17.7 Å². The highest BCUT2D eigenvalue weighted by Crippen LogP contribution is 2.53. The molecule has 0 bridgehead atoms. The van der Waals surface area contributed by atoms with E-state index in [1.165, 1.54) is 12.1 Å². The summed E-state index contributed by atoms with van der Waals surface area (Å²) < 4.78 is 13.6. The van der Waals surface area contributed by atoms with E-state index >= 15 is 0 Å². The van der Waals surface area contributed by atoms with Crippen molar-refractivity contribution in [3.8, 4) is 0 Å². The summed E-state index contributed by atoms with van der Waals surface area (Å²) in [5, 5.41) is -0.195. The van der Waals surface area contributed by atoms with Crippen molar-refractivity contribution in [3.63, 3.8) is 0 Å². The molecule has 0 unspecified atom stereocenters. The molecular weight excluding hydrogens is 397 g/mol. The van der Waals surface area contributed by atoms with Crippen LogP contribution in [-0.2, 0) is 14.4 Å². The van der Waals surface area contributed by atoms with Crippen molar-refractivity contribution in [2.24, 2.45) is 17.6 Å². The van der Waals surface area contributed by atoms with Gasteiger partial charge in [0.05, 0.1) is 28.6 Å². The molecule has 4 atom stereocenters. The second kappa shape index (κ2) is 6.15. The molecule has 0 saturated carbocycles. The van der Waals surface area contributed by atoms with E-state index in [-0.39, 0.29) is 10.7 Å². The molecule has 3 heterocycles. The second-order valence-electron chi connectivity index (χ2n) is 7.35. The molecule has 2 fully saturated rings. The molecule has 29 heavy (non-hydrogen) atoms. The van der Waals surface area contributed by atoms with Crippen molar-refractivity contribution in [2.45, 2.75) is 12.1 Å². The monoisotopic (exact) mass is 411 g/mol. The molecule has 2 N–H and O–H groups in total. The molecule has 0 aliphatic carbocycles. The van der Waals surface area contributed by atoms with E-state index in [9.17, 15) is 18.8 Å². The van der Waals surface area contributed by atoms with Gasteiger partial charge in [0, 0.05) is 6.20 Å². The van der Waals surface area contributed by atoms with E-state index in [1.54, 1.807) is 11.1 Å². The lowest BCUT2D eigenvalue weighted by Crippen LogP contribution is -2.46. The number of amides is 3. The molecule has 8 heteroatoms. The number of imide groups is 1. The number of hydrogen-bond donors (Lipinski definition) is 1. The first-order valence-electron chi connectivity index (χ1n) is 9.07. The van der Waals surface area contributed by atoms with Gasteiger partial charge in [-0.25, -0.2) is 9.29 Å². The van der Waals surface area contributed by atoms with Crippen LogP contribution in [0.25, 0.3) is 6.08 Å². The molecule has 0 aromatic heterocycles. The SMILES string of the molecule is NC(=O)[C@@H]1[C@@H]2C(=O)N(c3ccc(F)c(Cl)c3)C(=O)[C@@H]2[C@H]2c3ccccc3C=CN12. The molecular formula is C21H15ClFN3O3. The van der Waals surface area contributed by atoms with Crippen molar-refractivity contribution in [1.29, 1.82) is 0 Å². The molecule has 2 aromatic rings. The van der Waals surface area contributed by atoms with Gasteiger partial charge < -0.3 is 10.6 Å². The van der Waals surface area contributed by atoms with E-state index in [4.69, 9.17) is 17.3 Å². The molecule has 3 aliphatic rings. The van der Waals surface area contributed by atoms with E-state index in [0.717, 1.165) is 22.1 Å². The summed E-state index contributed by atoms with van der Waals surface area (Å²) in [5.74, 6) is -4.02. The number of halogens is 2. The molecule has 0 spiro atoms. The first-order chi connectivity index (χ1) is 13.9. The molecule has 0 radical (unpaired) electrons. The lowest BCUT2D eigenvalue weighted by atomic mass is 9.84. The average molecular weight is 412 g/mol. The number of fused-ring (bicyclic) bond motifs is 5. The number of hydrogen-bond acceptors (Lipinski definition) is 4. The molecule has 2 saturated heterocycles. The Kier molecular flexibility index (Phi) is 3.79. The zero-order chi connectivity index (χ0) is 20.4. The highest BCUT2D eigenvalue weighted by Gasteiger charge is 2.64. The number of carbonyl (C=O) groups is 3. The molecule has 6 nitrogen and oxygen atoms in total. The second-order valence-corrected chi connectivity index (χ2v) is 7.75. The summed E-state index contributed by atoms with van der Waals surface area (Å²) in [4.78, 5) is 41.7.